The monoisotopic (exact) mass is 194 g/mol. The molecule has 0 saturated carbocycles. The Morgan fingerprint density at radius 3 is 2.33 bits per heavy atom. The summed E-state index contributed by atoms with van der Waals surface area (Å²) >= 11 is 0. The van der Waals surface area contributed by atoms with Gasteiger partial charge in [0.2, 0.25) is 5.91 Å². The molecule has 0 spiro atoms. The molecule has 0 aromatic carbocycles. The van der Waals surface area contributed by atoms with E-state index in [0.717, 1.165) is 6.26 Å². The predicted octanol–water partition coefficient (Wildman–Crippen LogP) is -1.38. The van der Waals surface area contributed by atoms with Crippen molar-refractivity contribution in [3.63, 3.8) is 0 Å². The molecule has 0 heterocycles. The highest BCUT2D eigenvalue weighted by molar-refractivity contribution is 7.90. The van der Waals surface area contributed by atoms with Crippen molar-refractivity contribution in [2.24, 2.45) is 11.5 Å². The summed E-state index contributed by atoms with van der Waals surface area (Å²) in [5, 5.41) is 0. The molecular weight excluding hydrogens is 180 g/mol. The van der Waals surface area contributed by atoms with Crippen LogP contribution in [0, 0.1) is 0 Å². The van der Waals surface area contributed by atoms with Gasteiger partial charge >= 0.3 is 0 Å². The van der Waals surface area contributed by atoms with Crippen LogP contribution in [0.25, 0.3) is 0 Å². The number of hydrogen-bond acceptors (Lipinski definition) is 4. The summed E-state index contributed by atoms with van der Waals surface area (Å²) in [4.78, 5) is 10.4. The number of nitrogens with two attached hydrogens (primary N) is 2. The molecule has 0 rings (SSSR count). The van der Waals surface area contributed by atoms with Gasteiger partial charge in [-0.1, -0.05) is 0 Å². The Morgan fingerprint density at radius 2 is 2.00 bits per heavy atom. The topological polar surface area (TPSA) is 103 Å². The quantitative estimate of drug-likeness (QED) is 0.563. The molecule has 12 heavy (non-hydrogen) atoms. The molecule has 1 atom stereocenters. The first-order chi connectivity index (χ1) is 5.33. The molecule has 0 aliphatic carbocycles. The summed E-state index contributed by atoms with van der Waals surface area (Å²) in [5.41, 5.74) is 10.1. The summed E-state index contributed by atoms with van der Waals surface area (Å²) in [5.74, 6) is -0.544. The van der Waals surface area contributed by atoms with Gasteiger partial charge in [-0.3, -0.25) is 4.79 Å². The fraction of sp³-hybridized carbons (Fsp3) is 0.833. The van der Waals surface area contributed by atoms with Gasteiger partial charge in [-0.15, -0.1) is 0 Å². The Bertz CT molecular complexity index is 248. The minimum absolute atomic E-state index is 0.0496. The van der Waals surface area contributed by atoms with E-state index < -0.39 is 21.8 Å². The zero-order valence-corrected chi connectivity index (χ0v) is 7.80. The fourth-order valence-corrected chi connectivity index (χ4v) is 1.40. The van der Waals surface area contributed by atoms with Crippen LogP contribution in [0.1, 0.15) is 12.8 Å². The third-order valence-corrected chi connectivity index (χ3v) is 2.43. The first-order valence-corrected chi connectivity index (χ1v) is 5.61. The third-order valence-electron chi connectivity index (χ3n) is 1.40. The van der Waals surface area contributed by atoms with Gasteiger partial charge in [0, 0.05) is 12.0 Å². The maximum atomic E-state index is 10.6. The van der Waals surface area contributed by atoms with Gasteiger partial charge in [-0.2, -0.15) is 0 Å². The summed E-state index contributed by atoms with van der Waals surface area (Å²) in [6.07, 6.45) is 1.84. The number of rotatable bonds is 5. The fourth-order valence-electron chi connectivity index (χ4n) is 0.708. The van der Waals surface area contributed by atoms with E-state index in [1.54, 1.807) is 0 Å². The molecule has 72 valence electrons. The smallest absolute Gasteiger partial charge is 0.234 e. The van der Waals surface area contributed by atoms with E-state index in [0.29, 0.717) is 12.8 Å². The minimum Gasteiger partial charge on any atom is -0.368 e. The van der Waals surface area contributed by atoms with Gasteiger partial charge in [0.1, 0.15) is 9.84 Å². The Balaban J connectivity index is 3.65. The van der Waals surface area contributed by atoms with E-state index in [4.69, 9.17) is 11.5 Å². The van der Waals surface area contributed by atoms with Crippen LogP contribution in [0.2, 0.25) is 0 Å². The van der Waals surface area contributed by atoms with Crippen LogP contribution in [0.5, 0.6) is 0 Å². The van der Waals surface area contributed by atoms with E-state index in [1.807, 2.05) is 0 Å². The molecule has 0 aromatic rings. The summed E-state index contributed by atoms with van der Waals surface area (Å²) in [7, 11) is -2.95. The van der Waals surface area contributed by atoms with Crippen molar-refractivity contribution in [1.29, 1.82) is 0 Å². The summed E-state index contributed by atoms with van der Waals surface area (Å²) < 4.78 is 21.3. The van der Waals surface area contributed by atoms with Crippen molar-refractivity contribution in [2.45, 2.75) is 18.9 Å². The normalized spacial score (nSPS) is 14.2. The first-order valence-electron chi connectivity index (χ1n) is 3.55. The Hall–Kier alpha value is -0.620. The largest absolute Gasteiger partial charge is 0.368 e. The van der Waals surface area contributed by atoms with Crippen LogP contribution in [-0.2, 0) is 14.6 Å². The van der Waals surface area contributed by atoms with Gasteiger partial charge in [0.05, 0.1) is 6.04 Å². The van der Waals surface area contributed by atoms with Gasteiger partial charge in [0.25, 0.3) is 0 Å². The first kappa shape index (κ1) is 11.4. The number of hydrogen-bond donors (Lipinski definition) is 2. The van der Waals surface area contributed by atoms with E-state index in [2.05, 4.69) is 0 Å². The maximum Gasteiger partial charge on any atom is 0.234 e. The Morgan fingerprint density at radius 1 is 1.50 bits per heavy atom. The van der Waals surface area contributed by atoms with Crippen molar-refractivity contribution in [3.05, 3.63) is 0 Å². The molecular formula is C6H14N2O3S. The second-order valence-corrected chi connectivity index (χ2v) is 5.04. The van der Waals surface area contributed by atoms with Crippen LogP contribution in [0.4, 0.5) is 0 Å². The lowest BCUT2D eigenvalue weighted by atomic mass is 10.2. The molecule has 0 aromatic heterocycles. The van der Waals surface area contributed by atoms with E-state index >= 15 is 0 Å². The van der Waals surface area contributed by atoms with Gasteiger partial charge < -0.3 is 11.5 Å². The highest BCUT2D eigenvalue weighted by Crippen LogP contribution is 1.97. The molecule has 0 aliphatic rings. The van der Waals surface area contributed by atoms with E-state index in [1.165, 1.54) is 0 Å². The number of sulfone groups is 1. The lowest BCUT2D eigenvalue weighted by Crippen LogP contribution is -2.36. The van der Waals surface area contributed by atoms with Crippen molar-refractivity contribution >= 4 is 15.7 Å². The highest BCUT2D eigenvalue weighted by Gasteiger charge is 2.10. The number of primary amides is 1. The van der Waals surface area contributed by atoms with Crippen LogP contribution in [0.3, 0.4) is 0 Å². The number of carbonyl (C=O) groups excluding carboxylic acids is 1. The Kier molecular flexibility index (Phi) is 4.19. The van der Waals surface area contributed by atoms with Gasteiger partial charge in [-0.25, -0.2) is 8.42 Å². The molecule has 0 saturated heterocycles. The van der Waals surface area contributed by atoms with Gasteiger partial charge in [-0.05, 0) is 12.8 Å². The Labute approximate surface area is 72.0 Å². The molecule has 4 N–H and O–H groups in total. The molecule has 0 bridgehead atoms. The van der Waals surface area contributed by atoms with Crippen LogP contribution in [0.15, 0.2) is 0 Å². The van der Waals surface area contributed by atoms with Crippen molar-refractivity contribution in [1.82, 2.24) is 0 Å². The average molecular weight is 194 g/mol. The number of amides is 1. The lowest BCUT2D eigenvalue weighted by molar-refractivity contribution is -0.119. The molecule has 1 unspecified atom stereocenters. The second kappa shape index (κ2) is 4.42. The number of carbonyl (C=O) groups is 1. The standard InChI is InChI=1S/C6H14N2O3S/c1-12(10,11)4-2-3-5(7)6(8)9/h5H,2-4,7H2,1H3,(H2,8,9). The summed E-state index contributed by atoms with van der Waals surface area (Å²) in [6, 6.07) is -0.730. The van der Waals surface area contributed by atoms with E-state index in [-0.39, 0.29) is 5.75 Å². The second-order valence-electron chi connectivity index (χ2n) is 2.78. The van der Waals surface area contributed by atoms with Crippen molar-refractivity contribution in [3.8, 4) is 0 Å². The third kappa shape index (κ3) is 6.11. The maximum absolute atomic E-state index is 10.6. The van der Waals surface area contributed by atoms with Crippen LogP contribution in [-0.4, -0.2) is 32.4 Å². The molecule has 1 amide bonds. The SMILES string of the molecule is CS(=O)(=O)CCCC(N)C(N)=O. The molecule has 0 radical (unpaired) electrons. The van der Waals surface area contributed by atoms with Gasteiger partial charge in [0.15, 0.2) is 0 Å². The van der Waals surface area contributed by atoms with Crippen molar-refractivity contribution < 1.29 is 13.2 Å². The highest BCUT2D eigenvalue weighted by atomic mass is 32.2. The summed E-state index contributed by atoms with van der Waals surface area (Å²) in [6.45, 7) is 0. The molecule has 5 nitrogen and oxygen atoms in total. The minimum atomic E-state index is -2.95. The van der Waals surface area contributed by atoms with Crippen LogP contribution < -0.4 is 11.5 Å². The molecule has 6 heteroatoms. The van der Waals surface area contributed by atoms with Crippen LogP contribution >= 0.6 is 0 Å². The van der Waals surface area contributed by atoms with E-state index in [9.17, 15) is 13.2 Å². The van der Waals surface area contributed by atoms with Crippen molar-refractivity contribution in [2.75, 3.05) is 12.0 Å². The molecule has 0 fully saturated rings. The zero-order chi connectivity index (χ0) is 9.78. The predicted molar refractivity (Wildman–Crippen MR) is 46.1 cm³/mol. The average Bonchev–Trinajstić information content (AvgIpc) is 1.84. The zero-order valence-electron chi connectivity index (χ0n) is 6.99. The molecule has 0 aliphatic heterocycles. The lowest BCUT2D eigenvalue weighted by Gasteiger charge is -2.05.